The zero-order valence-corrected chi connectivity index (χ0v) is 10.6. The lowest BCUT2D eigenvalue weighted by atomic mass is 10.4. The number of allylic oxidation sites excluding steroid dienone is 1. The summed E-state index contributed by atoms with van der Waals surface area (Å²) >= 11 is 0. The van der Waals surface area contributed by atoms with Crippen molar-refractivity contribution >= 4 is 21.6 Å². The molecule has 0 fully saturated rings. The maximum absolute atomic E-state index is 5.59. The highest BCUT2D eigenvalue weighted by Crippen LogP contribution is 2.38. The first-order valence-corrected chi connectivity index (χ1v) is 6.87. The Morgan fingerprint density at radius 3 is 2.29 bits per heavy atom. The van der Waals surface area contributed by atoms with Crippen molar-refractivity contribution in [1.29, 1.82) is 0 Å². The van der Waals surface area contributed by atoms with Gasteiger partial charge in [0, 0.05) is 11.5 Å². The van der Waals surface area contributed by atoms with Crippen LogP contribution in [0.3, 0.4) is 0 Å². The molecule has 0 saturated carbocycles. The molecule has 0 aliphatic carbocycles. The van der Waals surface area contributed by atoms with Crippen molar-refractivity contribution in [1.82, 2.24) is 0 Å². The van der Waals surface area contributed by atoms with Gasteiger partial charge in [0.1, 0.15) is 5.76 Å². The van der Waals surface area contributed by atoms with Crippen LogP contribution in [0.25, 0.3) is 0 Å². The van der Waals surface area contributed by atoms with Crippen LogP contribution in [0.4, 0.5) is 0 Å². The molecule has 2 nitrogen and oxygen atoms in total. The lowest BCUT2D eigenvalue weighted by Gasteiger charge is -2.17. The summed E-state index contributed by atoms with van der Waals surface area (Å²) in [6.45, 7) is 8.08. The summed E-state index contributed by atoms with van der Waals surface area (Å²) in [6.07, 6.45) is 2.37. The van der Waals surface area contributed by atoms with Crippen LogP contribution in [-0.2, 0) is 9.47 Å². The highest BCUT2D eigenvalue weighted by molar-refractivity contribution is 8.79. The van der Waals surface area contributed by atoms with Crippen LogP contribution >= 0.6 is 21.6 Å². The molecule has 0 aromatic heterocycles. The van der Waals surface area contributed by atoms with Gasteiger partial charge in [-0.2, -0.15) is 0 Å². The fraction of sp³-hybridized carbons (Fsp3) is 0.600. The van der Waals surface area contributed by atoms with E-state index < -0.39 is 0 Å². The van der Waals surface area contributed by atoms with Crippen molar-refractivity contribution in [2.45, 2.75) is 39.9 Å². The Hall–Kier alpha value is -0.220. The van der Waals surface area contributed by atoms with E-state index in [1.165, 1.54) is 0 Å². The standard InChI is InChI=1S/C10H16O2S2/c1-7(2)11-9-5-10(12-8(3)4)14-13-6-9/h5-8H,1-4H3. The number of rotatable bonds is 4. The Morgan fingerprint density at radius 1 is 1.07 bits per heavy atom. The van der Waals surface area contributed by atoms with E-state index in [4.69, 9.17) is 9.47 Å². The van der Waals surface area contributed by atoms with E-state index >= 15 is 0 Å². The van der Waals surface area contributed by atoms with Crippen LogP contribution in [0.2, 0.25) is 0 Å². The minimum absolute atomic E-state index is 0.210. The molecule has 14 heavy (non-hydrogen) atoms. The molecular formula is C10H16O2S2. The third-order valence-corrected chi connectivity index (χ3v) is 3.15. The molecule has 80 valence electrons. The summed E-state index contributed by atoms with van der Waals surface area (Å²) in [5.41, 5.74) is 0. The number of ether oxygens (including phenoxy) is 2. The van der Waals surface area contributed by atoms with E-state index in [-0.39, 0.29) is 12.2 Å². The Labute approximate surface area is 93.5 Å². The molecule has 0 aromatic carbocycles. The van der Waals surface area contributed by atoms with Crippen LogP contribution < -0.4 is 0 Å². The van der Waals surface area contributed by atoms with Gasteiger partial charge in [-0.1, -0.05) is 10.8 Å². The summed E-state index contributed by atoms with van der Waals surface area (Å²) < 4.78 is 11.2. The molecule has 0 radical (unpaired) electrons. The molecule has 0 amide bonds. The average Bonchev–Trinajstić information content (AvgIpc) is 2.01. The molecule has 0 atom stereocenters. The van der Waals surface area contributed by atoms with Gasteiger partial charge in [0.25, 0.3) is 0 Å². The zero-order chi connectivity index (χ0) is 10.6. The smallest absolute Gasteiger partial charge is 0.168 e. The number of hydrogen-bond donors (Lipinski definition) is 0. The van der Waals surface area contributed by atoms with Crippen molar-refractivity contribution < 1.29 is 9.47 Å². The maximum atomic E-state index is 5.59. The predicted octanol–water partition coefficient (Wildman–Crippen LogP) is 3.91. The molecule has 0 saturated heterocycles. The third-order valence-electron chi connectivity index (χ3n) is 1.28. The molecule has 1 aliphatic rings. The van der Waals surface area contributed by atoms with Gasteiger partial charge in [-0.3, -0.25) is 0 Å². The summed E-state index contributed by atoms with van der Waals surface area (Å²) in [6, 6.07) is 0. The zero-order valence-electron chi connectivity index (χ0n) is 8.94. The molecule has 1 rings (SSSR count). The van der Waals surface area contributed by atoms with Crippen LogP contribution in [0, 0.1) is 0 Å². The first-order chi connectivity index (χ1) is 6.58. The van der Waals surface area contributed by atoms with Crippen molar-refractivity contribution in [2.75, 3.05) is 0 Å². The van der Waals surface area contributed by atoms with E-state index in [2.05, 4.69) is 0 Å². The molecule has 1 heterocycles. The minimum Gasteiger partial charge on any atom is -0.490 e. The van der Waals surface area contributed by atoms with Gasteiger partial charge in [0.2, 0.25) is 0 Å². The number of hydrogen-bond acceptors (Lipinski definition) is 4. The van der Waals surface area contributed by atoms with E-state index in [9.17, 15) is 0 Å². The SMILES string of the molecule is CC(C)OC1=CSSC(OC(C)C)=C1. The van der Waals surface area contributed by atoms with Crippen molar-refractivity contribution in [3.8, 4) is 0 Å². The van der Waals surface area contributed by atoms with Gasteiger partial charge in [-0.05, 0) is 38.5 Å². The molecule has 0 spiro atoms. The van der Waals surface area contributed by atoms with Gasteiger partial charge in [0.15, 0.2) is 5.09 Å². The largest absolute Gasteiger partial charge is 0.490 e. The monoisotopic (exact) mass is 232 g/mol. The Bertz CT molecular complexity index is 245. The van der Waals surface area contributed by atoms with Crippen LogP contribution in [0.15, 0.2) is 22.3 Å². The summed E-state index contributed by atoms with van der Waals surface area (Å²) in [7, 11) is 3.25. The molecule has 4 heteroatoms. The Morgan fingerprint density at radius 2 is 1.71 bits per heavy atom. The predicted molar refractivity (Wildman–Crippen MR) is 63.8 cm³/mol. The lowest BCUT2D eigenvalue weighted by molar-refractivity contribution is 0.148. The molecule has 0 aromatic rings. The lowest BCUT2D eigenvalue weighted by Crippen LogP contribution is -2.04. The van der Waals surface area contributed by atoms with Gasteiger partial charge < -0.3 is 9.47 Å². The second-order valence-corrected chi connectivity index (χ2v) is 5.57. The summed E-state index contributed by atoms with van der Waals surface area (Å²) in [5.74, 6) is 0.888. The second kappa shape index (κ2) is 5.61. The van der Waals surface area contributed by atoms with E-state index in [0.717, 1.165) is 10.9 Å². The molecule has 1 aliphatic heterocycles. The van der Waals surface area contributed by atoms with Gasteiger partial charge in [-0.25, -0.2) is 0 Å². The fourth-order valence-electron chi connectivity index (χ4n) is 0.913. The topological polar surface area (TPSA) is 18.5 Å². The molecular weight excluding hydrogens is 216 g/mol. The third kappa shape index (κ3) is 4.33. The van der Waals surface area contributed by atoms with Crippen LogP contribution in [-0.4, -0.2) is 12.2 Å². The normalized spacial score (nSPS) is 16.7. The summed E-state index contributed by atoms with van der Waals surface area (Å²) in [4.78, 5) is 0. The summed E-state index contributed by atoms with van der Waals surface area (Å²) in [5, 5.41) is 2.92. The molecule has 0 unspecified atom stereocenters. The van der Waals surface area contributed by atoms with Gasteiger partial charge >= 0.3 is 0 Å². The quantitative estimate of drug-likeness (QED) is 0.684. The van der Waals surface area contributed by atoms with E-state index in [0.29, 0.717) is 0 Å². The minimum atomic E-state index is 0.210. The van der Waals surface area contributed by atoms with Gasteiger partial charge in [-0.15, -0.1) is 0 Å². The molecule has 0 bridgehead atoms. The average molecular weight is 232 g/mol. The second-order valence-electron chi connectivity index (χ2n) is 3.50. The Kier molecular flexibility index (Phi) is 4.75. The first-order valence-electron chi connectivity index (χ1n) is 4.66. The van der Waals surface area contributed by atoms with E-state index in [1.807, 2.05) is 39.2 Å². The van der Waals surface area contributed by atoms with Crippen LogP contribution in [0.5, 0.6) is 0 Å². The fourth-order valence-corrected chi connectivity index (χ4v) is 2.65. The maximum Gasteiger partial charge on any atom is 0.168 e. The van der Waals surface area contributed by atoms with Crippen molar-refractivity contribution in [3.05, 3.63) is 22.3 Å². The van der Waals surface area contributed by atoms with Crippen LogP contribution in [0.1, 0.15) is 27.7 Å². The molecule has 0 N–H and O–H groups in total. The highest BCUT2D eigenvalue weighted by atomic mass is 33.1. The van der Waals surface area contributed by atoms with Gasteiger partial charge in [0.05, 0.1) is 12.2 Å². The first kappa shape index (κ1) is 11.9. The van der Waals surface area contributed by atoms with Crippen molar-refractivity contribution in [2.24, 2.45) is 0 Å². The van der Waals surface area contributed by atoms with Crippen molar-refractivity contribution in [3.63, 3.8) is 0 Å². The highest BCUT2D eigenvalue weighted by Gasteiger charge is 2.11. The van der Waals surface area contributed by atoms with E-state index in [1.54, 1.807) is 21.6 Å². The Balaban J connectivity index is 2.53.